The van der Waals surface area contributed by atoms with Crippen LogP contribution in [0.15, 0.2) is 0 Å². The van der Waals surface area contributed by atoms with Crippen LogP contribution in [-0.2, 0) is 32.7 Å². The number of nitrogens with zero attached hydrogens (tertiary/aromatic N) is 1. The van der Waals surface area contributed by atoms with Gasteiger partial charge in [-0.1, -0.05) is 399 Å². The van der Waals surface area contributed by atoms with Gasteiger partial charge in [0.2, 0.25) is 0 Å². The summed E-state index contributed by atoms with van der Waals surface area (Å²) in [4.78, 5) is 38.1. The van der Waals surface area contributed by atoms with Gasteiger partial charge in [-0.3, -0.25) is 14.2 Å². The number of hydrogen-bond donors (Lipinski definition) is 0. The molecule has 0 rings (SSSR count). The SMILES string of the molecule is CCCCCCCCCCCCCCCCCCCCCCCCCCCCCCCCCCCCC(=O)OC(COC(=O)CCCCCCCCCCCCCCCCCCCCCCCCCCCCCC)COP(=O)([O-])OCC[N+](C)(C)C. The molecule has 10 heteroatoms. The zero-order valence-electron chi connectivity index (χ0n) is 58.8. The first-order valence-electron chi connectivity index (χ1n) is 38.7. The van der Waals surface area contributed by atoms with Crippen molar-refractivity contribution in [1.82, 2.24) is 0 Å². The summed E-state index contributed by atoms with van der Waals surface area (Å²) in [5.41, 5.74) is 0. The molecule has 0 N–H and O–H groups in total. The van der Waals surface area contributed by atoms with Crippen LogP contribution in [0, 0.1) is 0 Å². The highest BCUT2D eigenvalue weighted by atomic mass is 31.2. The van der Waals surface area contributed by atoms with Gasteiger partial charge in [0, 0.05) is 12.8 Å². The van der Waals surface area contributed by atoms with Crippen molar-refractivity contribution >= 4 is 19.8 Å². The van der Waals surface area contributed by atoms with Crippen LogP contribution in [0.2, 0.25) is 0 Å². The second-order valence-electron chi connectivity index (χ2n) is 28.1. The monoisotopic (exact) mass is 1240 g/mol. The average Bonchev–Trinajstić information content (AvgIpc) is 3.67. The first kappa shape index (κ1) is 85.0. The molecule has 0 aromatic carbocycles. The van der Waals surface area contributed by atoms with Crippen molar-refractivity contribution in [3.63, 3.8) is 0 Å². The molecule has 0 spiro atoms. The Labute approximate surface area is 537 Å². The van der Waals surface area contributed by atoms with Gasteiger partial charge in [-0.05, 0) is 12.8 Å². The largest absolute Gasteiger partial charge is 0.756 e. The number of carbonyl (C=O) groups excluding carboxylic acids is 2. The number of rotatable bonds is 74. The Morgan fingerprint density at radius 1 is 0.314 bits per heavy atom. The minimum absolute atomic E-state index is 0.0247. The molecule has 0 fully saturated rings. The summed E-state index contributed by atoms with van der Waals surface area (Å²) in [6, 6.07) is 0. The number of phosphoric acid groups is 1. The van der Waals surface area contributed by atoms with Gasteiger partial charge < -0.3 is 27.9 Å². The zero-order chi connectivity index (χ0) is 62.6. The second kappa shape index (κ2) is 68.4. The molecular formula is C76H152NO8P. The van der Waals surface area contributed by atoms with Crippen LogP contribution in [-0.4, -0.2) is 70.0 Å². The molecule has 0 aliphatic heterocycles. The van der Waals surface area contributed by atoms with Crippen molar-refractivity contribution in [3.8, 4) is 0 Å². The maximum Gasteiger partial charge on any atom is 0.306 e. The molecule has 0 heterocycles. The van der Waals surface area contributed by atoms with E-state index >= 15 is 0 Å². The summed E-state index contributed by atoms with van der Waals surface area (Å²) in [5.74, 6) is -0.801. The molecule has 0 bridgehead atoms. The molecule has 2 unspecified atom stereocenters. The van der Waals surface area contributed by atoms with Crippen molar-refractivity contribution < 1.29 is 42.1 Å². The van der Waals surface area contributed by atoms with E-state index in [0.717, 1.165) is 32.1 Å². The molecule has 0 saturated carbocycles. The second-order valence-corrected chi connectivity index (χ2v) is 29.5. The van der Waals surface area contributed by atoms with E-state index in [-0.39, 0.29) is 32.0 Å². The van der Waals surface area contributed by atoms with E-state index in [2.05, 4.69) is 13.8 Å². The normalized spacial score (nSPS) is 13.0. The molecule has 2 atom stereocenters. The number of unbranched alkanes of at least 4 members (excludes halogenated alkanes) is 60. The van der Waals surface area contributed by atoms with Crippen LogP contribution in [0.4, 0.5) is 0 Å². The Bertz CT molecular complexity index is 1410. The lowest BCUT2D eigenvalue weighted by Crippen LogP contribution is -2.37. The molecule has 0 aromatic heterocycles. The van der Waals surface area contributed by atoms with Crippen LogP contribution >= 0.6 is 7.82 Å². The fourth-order valence-electron chi connectivity index (χ4n) is 12.2. The summed E-state index contributed by atoms with van der Waals surface area (Å²) in [6.07, 6.45) is 83.7. The fourth-order valence-corrected chi connectivity index (χ4v) is 12.9. The van der Waals surface area contributed by atoms with Crippen molar-refractivity contribution in [2.45, 2.75) is 431 Å². The first-order valence-corrected chi connectivity index (χ1v) is 40.2. The average molecular weight is 1240 g/mol. The lowest BCUT2D eigenvalue weighted by Gasteiger charge is -2.28. The predicted octanol–water partition coefficient (Wildman–Crippen LogP) is 24.7. The summed E-state index contributed by atoms with van der Waals surface area (Å²) >= 11 is 0. The van der Waals surface area contributed by atoms with E-state index in [9.17, 15) is 19.0 Å². The van der Waals surface area contributed by atoms with Crippen LogP contribution in [0.3, 0.4) is 0 Å². The van der Waals surface area contributed by atoms with Crippen molar-refractivity contribution in [1.29, 1.82) is 0 Å². The fraction of sp³-hybridized carbons (Fsp3) is 0.974. The lowest BCUT2D eigenvalue weighted by atomic mass is 10.0. The van der Waals surface area contributed by atoms with E-state index in [1.165, 1.54) is 360 Å². The van der Waals surface area contributed by atoms with Gasteiger partial charge in [-0.2, -0.15) is 0 Å². The third-order valence-corrected chi connectivity index (χ3v) is 19.1. The van der Waals surface area contributed by atoms with Crippen molar-refractivity contribution in [2.75, 3.05) is 47.5 Å². The van der Waals surface area contributed by atoms with Gasteiger partial charge in [0.1, 0.15) is 19.8 Å². The Morgan fingerprint density at radius 2 is 0.523 bits per heavy atom. The van der Waals surface area contributed by atoms with Gasteiger partial charge in [0.15, 0.2) is 6.10 Å². The number of carbonyl (C=O) groups is 2. The van der Waals surface area contributed by atoms with E-state index in [1.54, 1.807) is 0 Å². The highest BCUT2D eigenvalue weighted by Gasteiger charge is 2.22. The van der Waals surface area contributed by atoms with Crippen LogP contribution in [0.1, 0.15) is 425 Å². The standard InChI is InChI=1S/C76H152NO8P/c1-6-8-10-12-14-16-18-20-22-24-26-28-30-32-34-36-37-38-39-40-41-43-45-47-49-51-53-55-57-59-61-63-65-67-69-76(79)85-74(73-84-86(80,81)83-71-70-77(3,4)5)72-82-75(78)68-66-64-62-60-58-56-54-52-50-48-46-44-42-35-33-31-29-27-25-23-21-19-17-15-13-11-9-7-2/h74H,6-73H2,1-5H3. The van der Waals surface area contributed by atoms with Crippen molar-refractivity contribution in [3.05, 3.63) is 0 Å². The molecular weight excluding hydrogens is 1090 g/mol. The van der Waals surface area contributed by atoms with Gasteiger partial charge in [-0.25, -0.2) is 0 Å². The smallest absolute Gasteiger partial charge is 0.306 e. The Hall–Kier alpha value is -0.990. The number of quaternary nitrogens is 1. The third kappa shape index (κ3) is 72.1. The van der Waals surface area contributed by atoms with Gasteiger partial charge in [0.05, 0.1) is 27.7 Å². The first-order chi connectivity index (χ1) is 42.0. The molecule has 0 aliphatic carbocycles. The minimum atomic E-state index is -4.64. The van der Waals surface area contributed by atoms with Gasteiger partial charge >= 0.3 is 11.9 Å². The molecule has 9 nitrogen and oxygen atoms in total. The highest BCUT2D eigenvalue weighted by Crippen LogP contribution is 2.38. The third-order valence-electron chi connectivity index (χ3n) is 18.1. The summed E-state index contributed by atoms with van der Waals surface area (Å²) in [7, 11) is 1.20. The van der Waals surface area contributed by atoms with Gasteiger partial charge in [-0.15, -0.1) is 0 Å². The van der Waals surface area contributed by atoms with Gasteiger partial charge in [0.25, 0.3) is 7.82 Å². The summed E-state index contributed by atoms with van der Waals surface area (Å²) < 4.78 is 34.4. The number of ether oxygens (including phenoxy) is 2. The van der Waals surface area contributed by atoms with Crippen LogP contribution in [0.5, 0.6) is 0 Å². The number of likely N-dealkylation sites (N-methyl/N-ethyl adjacent to an activating group) is 1. The molecule has 0 aliphatic rings. The number of phosphoric ester groups is 1. The maximum atomic E-state index is 12.9. The quantitative estimate of drug-likeness (QED) is 0.0256. The minimum Gasteiger partial charge on any atom is -0.756 e. The Kier molecular flexibility index (Phi) is 67.6. The zero-order valence-corrected chi connectivity index (χ0v) is 59.7. The summed E-state index contributed by atoms with van der Waals surface area (Å²) in [5, 5.41) is 0. The lowest BCUT2D eigenvalue weighted by molar-refractivity contribution is -0.870. The van der Waals surface area contributed by atoms with Crippen LogP contribution < -0.4 is 4.89 Å². The Balaban J connectivity index is 3.90. The molecule has 0 amide bonds. The predicted molar refractivity (Wildman–Crippen MR) is 370 cm³/mol. The summed E-state index contributed by atoms with van der Waals surface area (Å²) in [6.45, 7) is 4.35. The maximum absolute atomic E-state index is 12.9. The highest BCUT2D eigenvalue weighted by molar-refractivity contribution is 7.45. The molecule has 0 aromatic rings. The van der Waals surface area contributed by atoms with E-state index in [4.69, 9.17) is 18.5 Å². The molecule has 514 valence electrons. The topological polar surface area (TPSA) is 111 Å². The number of hydrogen-bond acceptors (Lipinski definition) is 8. The number of esters is 2. The molecule has 0 saturated heterocycles. The molecule has 86 heavy (non-hydrogen) atoms. The Morgan fingerprint density at radius 3 is 0.744 bits per heavy atom. The van der Waals surface area contributed by atoms with E-state index < -0.39 is 26.5 Å². The van der Waals surface area contributed by atoms with Crippen molar-refractivity contribution in [2.24, 2.45) is 0 Å². The van der Waals surface area contributed by atoms with E-state index in [0.29, 0.717) is 17.4 Å². The molecule has 0 radical (unpaired) electrons. The van der Waals surface area contributed by atoms with E-state index in [1.807, 2.05) is 21.1 Å². The van der Waals surface area contributed by atoms with Crippen LogP contribution in [0.25, 0.3) is 0 Å².